The Bertz CT molecular complexity index is 1770. The van der Waals surface area contributed by atoms with E-state index in [9.17, 15) is 9.59 Å². The number of nitrogens with one attached hydrogen (secondary N) is 2. The van der Waals surface area contributed by atoms with Gasteiger partial charge in [-0.2, -0.15) is 0 Å². The number of hydrogen-bond acceptors (Lipinski definition) is 8. The van der Waals surface area contributed by atoms with Gasteiger partial charge in [0.1, 0.15) is 12.2 Å². The number of rotatable bonds is 9. The standard InChI is InChI=1S/C33H31FN6O3S/c1-39-13-15-40(16-14-39)21-22-7-9-26(36-20-22)30-18-27-33(44-30)29(11-12-35-27)43-28-10-8-24(17-25(28)34)38-32(42)19-31(41)37-23-5-3-2-4-6-23/h2-12,17-18,20H,13-16,19,21H2,1H3,(H,37,41)(H,38,42). The Morgan fingerprint density at radius 2 is 1.66 bits per heavy atom. The summed E-state index contributed by atoms with van der Waals surface area (Å²) in [6.45, 7) is 5.13. The van der Waals surface area contributed by atoms with Gasteiger partial charge in [-0.05, 0) is 49.0 Å². The number of ether oxygens (including phenoxy) is 1. The second-order valence-electron chi connectivity index (χ2n) is 10.7. The average Bonchev–Trinajstić information content (AvgIpc) is 3.46. The van der Waals surface area contributed by atoms with Gasteiger partial charge in [0.15, 0.2) is 11.6 Å². The van der Waals surface area contributed by atoms with Crippen LogP contribution in [0.25, 0.3) is 20.8 Å². The topological polar surface area (TPSA) is 99.7 Å². The van der Waals surface area contributed by atoms with Crippen molar-refractivity contribution < 1.29 is 18.7 Å². The maximum absolute atomic E-state index is 15.0. The summed E-state index contributed by atoms with van der Waals surface area (Å²) in [5, 5.41) is 5.20. The molecule has 0 unspecified atom stereocenters. The minimum Gasteiger partial charge on any atom is -0.453 e. The zero-order chi connectivity index (χ0) is 30.5. The summed E-state index contributed by atoms with van der Waals surface area (Å²) < 4.78 is 21.8. The molecule has 224 valence electrons. The van der Waals surface area contributed by atoms with E-state index in [-0.39, 0.29) is 11.4 Å². The smallest absolute Gasteiger partial charge is 0.233 e. The molecule has 4 heterocycles. The molecule has 5 aromatic rings. The van der Waals surface area contributed by atoms with E-state index in [0.29, 0.717) is 11.4 Å². The van der Waals surface area contributed by atoms with E-state index >= 15 is 4.39 Å². The lowest BCUT2D eigenvalue weighted by atomic mass is 10.2. The molecule has 0 spiro atoms. The molecule has 9 nitrogen and oxygen atoms in total. The van der Waals surface area contributed by atoms with E-state index < -0.39 is 24.1 Å². The average molecular weight is 611 g/mol. The van der Waals surface area contributed by atoms with Crippen LogP contribution in [0.1, 0.15) is 12.0 Å². The highest BCUT2D eigenvalue weighted by molar-refractivity contribution is 7.22. The minimum atomic E-state index is -0.657. The number of para-hydroxylation sites is 1. The van der Waals surface area contributed by atoms with Gasteiger partial charge in [-0.3, -0.25) is 24.5 Å². The molecule has 1 aliphatic heterocycles. The Morgan fingerprint density at radius 1 is 0.886 bits per heavy atom. The van der Waals surface area contributed by atoms with E-state index in [0.717, 1.165) is 59.6 Å². The summed E-state index contributed by atoms with van der Waals surface area (Å²) in [7, 11) is 2.15. The van der Waals surface area contributed by atoms with Crippen molar-refractivity contribution in [2.75, 3.05) is 43.9 Å². The molecule has 3 aromatic heterocycles. The Morgan fingerprint density at radius 3 is 2.39 bits per heavy atom. The third kappa shape index (κ3) is 7.25. The summed E-state index contributed by atoms with van der Waals surface area (Å²) in [4.78, 5) is 39.4. The fraction of sp³-hybridized carbons (Fsp3) is 0.212. The second kappa shape index (κ2) is 13.3. The van der Waals surface area contributed by atoms with Gasteiger partial charge < -0.3 is 20.3 Å². The van der Waals surface area contributed by atoms with Crippen molar-refractivity contribution in [1.29, 1.82) is 0 Å². The first kappa shape index (κ1) is 29.4. The largest absolute Gasteiger partial charge is 0.453 e. The highest BCUT2D eigenvalue weighted by Crippen LogP contribution is 2.39. The lowest BCUT2D eigenvalue weighted by Crippen LogP contribution is -2.43. The Hall–Kier alpha value is -4.71. The van der Waals surface area contributed by atoms with Crippen LogP contribution in [0, 0.1) is 5.82 Å². The molecule has 11 heteroatoms. The predicted molar refractivity (Wildman–Crippen MR) is 170 cm³/mol. The van der Waals surface area contributed by atoms with E-state index in [2.05, 4.69) is 38.5 Å². The molecule has 6 rings (SSSR count). The SMILES string of the molecule is CN1CCN(Cc2ccc(-c3cc4nccc(Oc5ccc(NC(=O)CC(=O)Nc6ccccc6)cc5F)c4s3)nc2)CC1. The first-order valence-electron chi connectivity index (χ1n) is 14.3. The number of carbonyl (C=O) groups excluding carboxylic acids is 2. The van der Waals surface area contributed by atoms with E-state index in [1.54, 1.807) is 36.5 Å². The number of anilines is 2. The number of halogens is 1. The molecule has 2 N–H and O–H groups in total. The summed E-state index contributed by atoms with van der Waals surface area (Å²) in [6.07, 6.45) is 3.14. The highest BCUT2D eigenvalue weighted by atomic mass is 32.1. The predicted octanol–water partition coefficient (Wildman–Crippen LogP) is 6.00. The van der Waals surface area contributed by atoms with Crippen molar-refractivity contribution in [3.8, 4) is 22.1 Å². The van der Waals surface area contributed by atoms with Crippen LogP contribution in [0.2, 0.25) is 0 Å². The van der Waals surface area contributed by atoms with Crippen LogP contribution in [0.3, 0.4) is 0 Å². The van der Waals surface area contributed by atoms with Gasteiger partial charge in [-0.25, -0.2) is 4.39 Å². The molecular formula is C33H31FN6O3S. The minimum absolute atomic E-state index is 0.00125. The van der Waals surface area contributed by atoms with E-state index in [1.807, 2.05) is 24.4 Å². The van der Waals surface area contributed by atoms with Crippen molar-refractivity contribution in [3.63, 3.8) is 0 Å². The molecule has 0 bridgehead atoms. The van der Waals surface area contributed by atoms with Crippen LogP contribution in [-0.2, 0) is 16.1 Å². The summed E-state index contributed by atoms with van der Waals surface area (Å²) in [5.41, 5.74) is 3.54. The summed E-state index contributed by atoms with van der Waals surface area (Å²) in [5.74, 6) is -1.22. The Kier molecular flexibility index (Phi) is 8.87. The van der Waals surface area contributed by atoms with Crippen molar-refractivity contribution in [2.24, 2.45) is 0 Å². The molecular weight excluding hydrogens is 579 g/mol. The molecule has 0 aliphatic carbocycles. The number of carbonyl (C=O) groups is 2. The van der Waals surface area contributed by atoms with Crippen LogP contribution in [0.4, 0.5) is 15.8 Å². The number of hydrogen-bond donors (Lipinski definition) is 2. The lowest BCUT2D eigenvalue weighted by Gasteiger charge is -2.32. The summed E-state index contributed by atoms with van der Waals surface area (Å²) >= 11 is 1.48. The van der Waals surface area contributed by atoms with E-state index in [1.165, 1.54) is 29.0 Å². The van der Waals surface area contributed by atoms with Crippen LogP contribution in [0.15, 0.2) is 85.2 Å². The Labute approximate surface area is 258 Å². The highest BCUT2D eigenvalue weighted by Gasteiger charge is 2.17. The number of piperazine rings is 1. The Balaban J connectivity index is 1.09. The second-order valence-corrected chi connectivity index (χ2v) is 11.7. The first-order chi connectivity index (χ1) is 21.4. The number of pyridine rings is 2. The number of benzene rings is 2. The van der Waals surface area contributed by atoms with Crippen molar-refractivity contribution >= 4 is 44.7 Å². The first-order valence-corrected chi connectivity index (χ1v) is 15.1. The van der Waals surface area contributed by atoms with Gasteiger partial charge in [0.2, 0.25) is 11.8 Å². The van der Waals surface area contributed by atoms with E-state index in [4.69, 9.17) is 9.72 Å². The maximum atomic E-state index is 15.0. The number of fused-ring (bicyclic) bond motifs is 1. The van der Waals surface area contributed by atoms with Crippen molar-refractivity contribution in [3.05, 3.63) is 96.6 Å². The summed E-state index contributed by atoms with van der Waals surface area (Å²) in [6, 6.07) is 20.7. The quantitative estimate of drug-likeness (QED) is 0.197. The van der Waals surface area contributed by atoms with Crippen LogP contribution >= 0.6 is 11.3 Å². The van der Waals surface area contributed by atoms with Gasteiger partial charge in [0.25, 0.3) is 0 Å². The van der Waals surface area contributed by atoms with Gasteiger partial charge >= 0.3 is 0 Å². The van der Waals surface area contributed by atoms with Gasteiger partial charge in [-0.15, -0.1) is 11.3 Å². The molecule has 44 heavy (non-hydrogen) atoms. The van der Waals surface area contributed by atoms with Gasteiger partial charge in [-0.1, -0.05) is 24.3 Å². The third-order valence-electron chi connectivity index (χ3n) is 7.27. The zero-order valence-corrected chi connectivity index (χ0v) is 24.9. The lowest BCUT2D eigenvalue weighted by molar-refractivity contribution is -0.123. The number of nitrogens with zero attached hydrogens (tertiary/aromatic N) is 4. The zero-order valence-electron chi connectivity index (χ0n) is 24.1. The normalized spacial score (nSPS) is 14.0. The van der Waals surface area contributed by atoms with Crippen molar-refractivity contribution in [2.45, 2.75) is 13.0 Å². The van der Waals surface area contributed by atoms with Crippen LogP contribution < -0.4 is 15.4 Å². The third-order valence-corrected chi connectivity index (χ3v) is 8.43. The number of likely N-dealkylation sites (N-methyl/N-ethyl adjacent to an activating group) is 1. The molecule has 0 saturated carbocycles. The molecule has 2 amide bonds. The van der Waals surface area contributed by atoms with Gasteiger partial charge in [0, 0.05) is 68.6 Å². The number of amides is 2. The molecule has 1 saturated heterocycles. The van der Waals surface area contributed by atoms with Crippen LogP contribution in [-0.4, -0.2) is 64.8 Å². The fourth-order valence-corrected chi connectivity index (χ4v) is 5.95. The fourth-order valence-electron chi connectivity index (χ4n) is 4.91. The number of thiophene rings is 1. The molecule has 0 radical (unpaired) electrons. The van der Waals surface area contributed by atoms with Crippen LogP contribution in [0.5, 0.6) is 11.5 Å². The number of aromatic nitrogens is 2. The maximum Gasteiger partial charge on any atom is 0.233 e. The molecule has 0 atom stereocenters. The molecule has 1 aliphatic rings. The van der Waals surface area contributed by atoms with Gasteiger partial charge in [0.05, 0.1) is 20.8 Å². The monoisotopic (exact) mass is 610 g/mol. The molecule has 2 aromatic carbocycles. The van der Waals surface area contributed by atoms with Crippen molar-refractivity contribution in [1.82, 2.24) is 19.8 Å². The molecule has 1 fully saturated rings.